The van der Waals surface area contributed by atoms with Gasteiger partial charge in [0.1, 0.15) is 11.3 Å². The van der Waals surface area contributed by atoms with Crippen LogP contribution in [0.5, 0.6) is 5.75 Å². The van der Waals surface area contributed by atoms with E-state index in [4.69, 9.17) is 9.15 Å². The number of ether oxygens (including phenoxy) is 1. The number of hydrogen-bond acceptors (Lipinski definition) is 5. The summed E-state index contributed by atoms with van der Waals surface area (Å²) >= 11 is 0. The number of carbonyl (C=O) groups excluding carboxylic acids is 1. The number of para-hydroxylation sites is 1. The molecule has 0 radical (unpaired) electrons. The van der Waals surface area contributed by atoms with Crippen LogP contribution < -0.4 is 10.1 Å². The monoisotopic (exact) mass is 414 g/mol. The van der Waals surface area contributed by atoms with Crippen LogP contribution >= 0.6 is 0 Å². The van der Waals surface area contributed by atoms with Crippen LogP contribution in [0, 0.1) is 0 Å². The van der Waals surface area contributed by atoms with Gasteiger partial charge in [0.05, 0.1) is 12.9 Å². The van der Waals surface area contributed by atoms with Gasteiger partial charge in [-0.05, 0) is 41.8 Å². The standard InChI is InChI=1S/C21H22N2O5S/c1-27-18-7-6-17-14-23(10-8-15(17)12-18)29(25,26)11-9-22-21(24)20-13-16-4-2-3-5-19(16)28-20/h2-7,12-13H,8-11,14H2,1H3,(H,22,24). The van der Waals surface area contributed by atoms with Crippen molar-refractivity contribution in [2.24, 2.45) is 0 Å². The molecule has 0 saturated carbocycles. The number of furan rings is 1. The summed E-state index contributed by atoms with van der Waals surface area (Å²) in [4.78, 5) is 12.3. The Balaban J connectivity index is 1.35. The van der Waals surface area contributed by atoms with Gasteiger partial charge < -0.3 is 14.5 Å². The smallest absolute Gasteiger partial charge is 0.287 e. The number of carbonyl (C=O) groups is 1. The number of sulfonamides is 1. The third-order valence-electron chi connectivity index (χ3n) is 5.08. The predicted molar refractivity (Wildman–Crippen MR) is 109 cm³/mol. The fourth-order valence-corrected chi connectivity index (χ4v) is 4.79. The van der Waals surface area contributed by atoms with Crippen molar-refractivity contribution >= 4 is 26.9 Å². The Bertz CT molecular complexity index is 1120. The zero-order valence-electron chi connectivity index (χ0n) is 16.1. The Labute approximate surface area is 169 Å². The molecule has 1 aromatic heterocycles. The molecule has 0 unspecified atom stereocenters. The average Bonchev–Trinajstić information content (AvgIpc) is 3.17. The summed E-state index contributed by atoms with van der Waals surface area (Å²) in [5.74, 6) is 0.357. The van der Waals surface area contributed by atoms with Crippen LogP contribution in [-0.4, -0.2) is 44.6 Å². The minimum atomic E-state index is -3.49. The normalized spacial score (nSPS) is 14.5. The molecule has 1 amide bonds. The first-order chi connectivity index (χ1) is 14.0. The summed E-state index contributed by atoms with van der Waals surface area (Å²) in [5, 5.41) is 3.46. The summed E-state index contributed by atoms with van der Waals surface area (Å²) in [5.41, 5.74) is 2.70. The van der Waals surface area contributed by atoms with Crippen LogP contribution in [0.25, 0.3) is 11.0 Å². The zero-order chi connectivity index (χ0) is 20.4. The van der Waals surface area contributed by atoms with E-state index in [-0.39, 0.29) is 18.1 Å². The molecule has 3 aromatic rings. The summed E-state index contributed by atoms with van der Waals surface area (Å²) in [6, 6.07) is 14.7. The van der Waals surface area contributed by atoms with E-state index in [2.05, 4.69) is 5.32 Å². The fraction of sp³-hybridized carbons (Fsp3) is 0.286. The van der Waals surface area contributed by atoms with Crippen LogP contribution in [0.1, 0.15) is 21.7 Å². The van der Waals surface area contributed by atoms with E-state index in [9.17, 15) is 13.2 Å². The molecule has 0 saturated heterocycles. The third-order valence-corrected chi connectivity index (χ3v) is 6.90. The molecule has 0 atom stereocenters. The van der Waals surface area contributed by atoms with E-state index < -0.39 is 15.9 Å². The Morgan fingerprint density at radius 2 is 2.00 bits per heavy atom. The molecule has 1 aliphatic heterocycles. The Kier molecular flexibility index (Phi) is 5.29. The van der Waals surface area contributed by atoms with Crippen molar-refractivity contribution in [1.29, 1.82) is 0 Å². The second-order valence-corrected chi connectivity index (χ2v) is 9.03. The minimum absolute atomic E-state index is 0.0180. The molecular weight excluding hydrogens is 392 g/mol. The number of fused-ring (bicyclic) bond motifs is 2. The van der Waals surface area contributed by atoms with Gasteiger partial charge in [0.25, 0.3) is 5.91 Å². The minimum Gasteiger partial charge on any atom is -0.497 e. The molecule has 2 heterocycles. The van der Waals surface area contributed by atoms with Crippen molar-refractivity contribution in [2.75, 3.05) is 26.0 Å². The second kappa shape index (κ2) is 7.88. The highest BCUT2D eigenvalue weighted by Gasteiger charge is 2.27. The molecule has 7 nitrogen and oxygen atoms in total. The van der Waals surface area contributed by atoms with E-state index in [1.807, 2.05) is 36.4 Å². The largest absolute Gasteiger partial charge is 0.497 e. The summed E-state index contributed by atoms with van der Waals surface area (Å²) in [6.07, 6.45) is 0.636. The Morgan fingerprint density at radius 3 is 2.79 bits per heavy atom. The van der Waals surface area contributed by atoms with Gasteiger partial charge in [-0.3, -0.25) is 4.79 Å². The van der Waals surface area contributed by atoms with Crippen molar-refractivity contribution in [3.63, 3.8) is 0 Å². The molecule has 1 aliphatic rings. The van der Waals surface area contributed by atoms with Gasteiger partial charge >= 0.3 is 0 Å². The maximum atomic E-state index is 12.7. The van der Waals surface area contributed by atoms with Crippen molar-refractivity contribution in [1.82, 2.24) is 9.62 Å². The zero-order valence-corrected chi connectivity index (χ0v) is 16.9. The van der Waals surface area contributed by atoms with Crippen LogP contribution in [0.4, 0.5) is 0 Å². The van der Waals surface area contributed by atoms with Crippen LogP contribution in [0.15, 0.2) is 52.9 Å². The lowest BCUT2D eigenvalue weighted by Crippen LogP contribution is -2.40. The lowest BCUT2D eigenvalue weighted by molar-refractivity contribution is 0.0930. The highest BCUT2D eigenvalue weighted by Crippen LogP contribution is 2.25. The quantitative estimate of drug-likeness (QED) is 0.670. The molecule has 1 N–H and O–H groups in total. The first-order valence-electron chi connectivity index (χ1n) is 9.37. The summed E-state index contributed by atoms with van der Waals surface area (Å²) in [7, 11) is -1.88. The number of methoxy groups -OCH3 is 1. The van der Waals surface area contributed by atoms with E-state index >= 15 is 0 Å². The summed E-state index contributed by atoms with van der Waals surface area (Å²) in [6.45, 7) is 0.767. The highest BCUT2D eigenvalue weighted by molar-refractivity contribution is 7.89. The number of nitrogens with zero attached hydrogens (tertiary/aromatic N) is 1. The molecule has 0 fully saturated rings. The van der Waals surface area contributed by atoms with Crippen molar-refractivity contribution in [3.05, 3.63) is 65.4 Å². The Morgan fingerprint density at radius 1 is 1.17 bits per heavy atom. The van der Waals surface area contributed by atoms with E-state index in [0.717, 1.165) is 22.3 Å². The predicted octanol–water partition coefficient (Wildman–Crippen LogP) is 2.56. The molecular formula is C21H22N2O5S. The maximum Gasteiger partial charge on any atom is 0.287 e. The molecule has 0 spiro atoms. The van der Waals surface area contributed by atoms with Gasteiger partial charge in [0, 0.05) is 25.0 Å². The maximum absolute atomic E-state index is 12.7. The van der Waals surface area contributed by atoms with Gasteiger partial charge in [-0.1, -0.05) is 24.3 Å². The molecule has 8 heteroatoms. The van der Waals surface area contributed by atoms with Crippen LogP contribution in [0.3, 0.4) is 0 Å². The number of amides is 1. The van der Waals surface area contributed by atoms with Crippen molar-refractivity contribution in [3.8, 4) is 5.75 Å². The van der Waals surface area contributed by atoms with E-state index in [1.54, 1.807) is 19.2 Å². The molecule has 152 valence electrons. The number of hydrogen-bond donors (Lipinski definition) is 1. The van der Waals surface area contributed by atoms with E-state index in [0.29, 0.717) is 25.1 Å². The van der Waals surface area contributed by atoms with Gasteiger partial charge in [0.2, 0.25) is 10.0 Å². The molecule has 29 heavy (non-hydrogen) atoms. The summed E-state index contributed by atoms with van der Waals surface area (Å²) < 4.78 is 37.6. The fourth-order valence-electron chi connectivity index (χ4n) is 3.47. The van der Waals surface area contributed by atoms with Crippen LogP contribution in [0.2, 0.25) is 0 Å². The average molecular weight is 414 g/mol. The number of nitrogens with one attached hydrogen (secondary N) is 1. The molecule has 0 aliphatic carbocycles. The molecule has 2 aromatic carbocycles. The second-order valence-electron chi connectivity index (χ2n) is 6.94. The number of rotatable bonds is 6. The molecule has 4 rings (SSSR count). The number of benzene rings is 2. The first kappa shape index (κ1) is 19.5. The SMILES string of the molecule is COc1ccc2c(c1)CCN(S(=O)(=O)CCNC(=O)c1cc3ccccc3o1)C2. The third kappa shape index (κ3) is 4.13. The van der Waals surface area contributed by atoms with Gasteiger partial charge in [-0.15, -0.1) is 0 Å². The Hall–Kier alpha value is -2.84. The lowest BCUT2D eigenvalue weighted by atomic mass is 10.0. The van der Waals surface area contributed by atoms with Gasteiger partial charge in [-0.2, -0.15) is 4.31 Å². The lowest BCUT2D eigenvalue weighted by Gasteiger charge is -2.28. The van der Waals surface area contributed by atoms with Gasteiger partial charge in [-0.25, -0.2) is 8.42 Å². The first-order valence-corrected chi connectivity index (χ1v) is 11.0. The van der Waals surface area contributed by atoms with Gasteiger partial charge in [0.15, 0.2) is 5.76 Å². The van der Waals surface area contributed by atoms with E-state index in [1.165, 1.54) is 4.31 Å². The van der Waals surface area contributed by atoms with Crippen molar-refractivity contribution in [2.45, 2.75) is 13.0 Å². The topological polar surface area (TPSA) is 88.9 Å². The molecule has 0 bridgehead atoms. The van der Waals surface area contributed by atoms with Crippen molar-refractivity contribution < 1.29 is 22.4 Å². The van der Waals surface area contributed by atoms with Crippen LogP contribution in [-0.2, 0) is 23.0 Å². The highest BCUT2D eigenvalue weighted by atomic mass is 32.2.